The van der Waals surface area contributed by atoms with E-state index in [1.807, 2.05) is 24.3 Å². The second-order valence-corrected chi connectivity index (χ2v) is 5.05. The number of amides is 1. The maximum Gasteiger partial charge on any atom is 0.273 e. The van der Waals surface area contributed by atoms with Crippen LogP contribution in [-0.2, 0) is 6.42 Å². The van der Waals surface area contributed by atoms with Crippen molar-refractivity contribution in [3.63, 3.8) is 0 Å². The lowest BCUT2D eigenvalue weighted by molar-refractivity contribution is 0.0949. The second kappa shape index (κ2) is 6.86. The number of aromatic nitrogens is 3. The van der Waals surface area contributed by atoms with Crippen molar-refractivity contribution in [2.24, 2.45) is 0 Å². The molecular weight excluding hydrogens is 310 g/mol. The fourth-order valence-electron chi connectivity index (χ4n) is 2.17. The second-order valence-electron chi connectivity index (χ2n) is 5.05. The molecule has 0 unspecified atom stereocenters. The summed E-state index contributed by atoms with van der Waals surface area (Å²) >= 11 is 0. The van der Waals surface area contributed by atoms with Crippen LogP contribution < -0.4 is 15.8 Å². The van der Waals surface area contributed by atoms with E-state index in [-0.39, 0.29) is 23.3 Å². The fourth-order valence-corrected chi connectivity index (χ4v) is 2.17. The Labute approximate surface area is 138 Å². The Kier molecular flexibility index (Phi) is 4.46. The first kappa shape index (κ1) is 15.6. The average Bonchev–Trinajstić information content (AvgIpc) is 3.24. The van der Waals surface area contributed by atoms with Gasteiger partial charge in [0.05, 0.1) is 13.4 Å². The molecule has 0 aliphatic heterocycles. The summed E-state index contributed by atoms with van der Waals surface area (Å²) in [5.41, 5.74) is 7.41. The van der Waals surface area contributed by atoms with Gasteiger partial charge in [-0.15, -0.1) is 0 Å². The Hall–Kier alpha value is -3.29. The molecule has 3 aromatic rings. The first-order valence-corrected chi connectivity index (χ1v) is 7.33. The molecule has 0 spiro atoms. The Morgan fingerprint density at radius 1 is 1.38 bits per heavy atom. The molecule has 0 aliphatic rings. The predicted octanol–water partition coefficient (Wildman–Crippen LogP) is 1.63. The largest absolute Gasteiger partial charge is 0.497 e. The lowest BCUT2D eigenvalue weighted by atomic mass is 10.1. The third-order valence-electron chi connectivity index (χ3n) is 3.48. The number of oxazole rings is 1. The van der Waals surface area contributed by atoms with Crippen LogP contribution >= 0.6 is 0 Å². The maximum absolute atomic E-state index is 12.1. The van der Waals surface area contributed by atoms with Crippen LogP contribution in [-0.4, -0.2) is 34.5 Å². The number of hydrogen-bond donors (Lipinski definition) is 3. The highest BCUT2D eigenvalue weighted by Gasteiger charge is 2.16. The van der Waals surface area contributed by atoms with E-state index < -0.39 is 0 Å². The number of aromatic amines is 1. The van der Waals surface area contributed by atoms with E-state index in [4.69, 9.17) is 14.9 Å². The van der Waals surface area contributed by atoms with Crippen LogP contribution in [0.4, 0.5) is 5.82 Å². The number of imidazole rings is 1. The number of methoxy groups -OCH3 is 1. The number of rotatable bonds is 6. The van der Waals surface area contributed by atoms with Crippen LogP contribution in [0.3, 0.4) is 0 Å². The van der Waals surface area contributed by atoms with E-state index in [1.165, 1.54) is 12.6 Å². The SMILES string of the molecule is COc1ccc(CCNC(=O)c2coc(-c3[nH]cnc3N)n2)cc1. The van der Waals surface area contributed by atoms with Crippen molar-refractivity contribution in [3.05, 3.63) is 48.1 Å². The van der Waals surface area contributed by atoms with E-state index in [9.17, 15) is 4.79 Å². The standard InChI is InChI=1S/C16H17N5O3/c1-23-11-4-2-10(3-5-11)6-7-18-15(22)12-8-24-16(21-12)13-14(17)20-9-19-13/h2-5,8-9H,6-7,17H2,1H3,(H,18,22)(H,19,20). The zero-order valence-corrected chi connectivity index (χ0v) is 13.1. The summed E-state index contributed by atoms with van der Waals surface area (Å²) in [6.45, 7) is 0.486. The van der Waals surface area contributed by atoms with Crippen molar-refractivity contribution in [1.82, 2.24) is 20.3 Å². The van der Waals surface area contributed by atoms with Gasteiger partial charge in [-0.2, -0.15) is 0 Å². The van der Waals surface area contributed by atoms with E-state index in [0.717, 1.165) is 11.3 Å². The van der Waals surface area contributed by atoms with Gasteiger partial charge >= 0.3 is 0 Å². The Morgan fingerprint density at radius 2 is 2.17 bits per heavy atom. The van der Waals surface area contributed by atoms with Crippen LogP contribution in [0, 0.1) is 0 Å². The predicted molar refractivity (Wildman–Crippen MR) is 87.5 cm³/mol. The van der Waals surface area contributed by atoms with E-state index in [0.29, 0.717) is 18.7 Å². The molecule has 1 amide bonds. The number of hydrogen-bond acceptors (Lipinski definition) is 6. The Bertz CT molecular complexity index is 822. The van der Waals surface area contributed by atoms with Crippen molar-refractivity contribution < 1.29 is 13.9 Å². The molecule has 0 radical (unpaired) electrons. The number of carbonyl (C=O) groups excluding carboxylic acids is 1. The molecule has 24 heavy (non-hydrogen) atoms. The minimum absolute atomic E-state index is 0.189. The molecule has 3 rings (SSSR count). The highest BCUT2D eigenvalue weighted by molar-refractivity contribution is 5.92. The first-order valence-electron chi connectivity index (χ1n) is 7.33. The van der Waals surface area contributed by atoms with Gasteiger partial charge in [0, 0.05) is 6.54 Å². The number of nitrogens with two attached hydrogens (primary N) is 1. The smallest absolute Gasteiger partial charge is 0.273 e. The first-order chi connectivity index (χ1) is 11.7. The molecule has 8 nitrogen and oxygen atoms in total. The average molecular weight is 327 g/mol. The zero-order chi connectivity index (χ0) is 16.9. The number of ether oxygens (including phenoxy) is 1. The maximum atomic E-state index is 12.1. The van der Waals surface area contributed by atoms with Crippen LogP contribution in [0.1, 0.15) is 16.1 Å². The van der Waals surface area contributed by atoms with Crippen LogP contribution in [0.25, 0.3) is 11.6 Å². The molecule has 2 heterocycles. The minimum atomic E-state index is -0.309. The number of H-pyrrole nitrogens is 1. The van der Waals surface area contributed by atoms with Gasteiger partial charge in [0.2, 0.25) is 5.89 Å². The van der Waals surface area contributed by atoms with Crippen molar-refractivity contribution in [2.45, 2.75) is 6.42 Å². The molecule has 0 aliphatic carbocycles. The molecule has 0 bridgehead atoms. The number of nitrogens with one attached hydrogen (secondary N) is 2. The molecule has 0 saturated carbocycles. The number of nitrogen functional groups attached to an aromatic ring is 1. The topological polar surface area (TPSA) is 119 Å². The van der Waals surface area contributed by atoms with E-state index >= 15 is 0 Å². The highest BCUT2D eigenvalue weighted by atomic mass is 16.5. The molecule has 124 valence electrons. The summed E-state index contributed by atoms with van der Waals surface area (Å²) in [6.07, 6.45) is 3.43. The monoisotopic (exact) mass is 327 g/mol. The lowest BCUT2D eigenvalue weighted by Crippen LogP contribution is -2.25. The highest BCUT2D eigenvalue weighted by Crippen LogP contribution is 2.20. The Morgan fingerprint density at radius 3 is 2.83 bits per heavy atom. The van der Waals surface area contributed by atoms with Gasteiger partial charge in [-0.05, 0) is 24.1 Å². The van der Waals surface area contributed by atoms with Gasteiger partial charge in [-0.3, -0.25) is 4.79 Å². The summed E-state index contributed by atoms with van der Waals surface area (Å²) < 4.78 is 10.4. The van der Waals surface area contributed by atoms with Gasteiger partial charge in [0.15, 0.2) is 11.5 Å². The summed E-state index contributed by atoms with van der Waals surface area (Å²) in [5.74, 6) is 0.987. The molecule has 0 saturated heterocycles. The van der Waals surface area contributed by atoms with Gasteiger partial charge in [0.25, 0.3) is 5.91 Å². The van der Waals surface area contributed by atoms with Gasteiger partial charge < -0.3 is 25.2 Å². The quantitative estimate of drug-likeness (QED) is 0.633. The number of carbonyl (C=O) groups is 1. The van der Waals surface area contributed by atoms with Crippen molar-refractivity contribution in [2.75, 3.05) is 19.4 Å². The molecule has 4 N–H and O–H groups in total. The lowest BCUT2D eigenvalue weighted by Gasteiger charge is -2.04. The van der Waals surface area contributed by atoms with Gasteiger partial charge in [-0.1, -0.05) is 12.1 Å². The van der Waals surface area contributed by atoms with Crippen molar-refractivity contribution in [3.8, 4) is 17.3 Å². The molecular formula is C16H17N5O3. The van der Waals surface area contributed by atoms with Crippen LogP contribution in [0.15, 0.2) is 41.3 Å². The summed E-state index contributed by atoms with van der Waals surface area (Å²) in [5, 5.41) is 2.80. The molecule has 8 heteroatoms. The third kappa shape index (κ3) is 3.37. The molecule has 0 atom stereocenters. The van der Waals surface area contributed by atoms with Gasteiger partial charge in [0.1, 0.15) is 17.7 Å². The normalized spacial score (nSPS) is 10.5. The summed E-state index contributed by atoms with van der Waals surface area (Å²) in [7, 11) is 1.62. The van der Waals surface area contributed by atoms with E-state index in [2.05, 4.69) is 20.3 Å². The molecule has 0 fully saturated rings. The number of benzene rings is 1. The number of nitrogens with zero attached hydrogens (tertiary/aromatic N) is 2. The van der Waals surface area contributed by atoms with E-state index in [1.54, 1.807) is 7.11 Å². The third-order valence-corrected chi connectivity index (χ3v) is 3.48. The molecule has 1 aromatic carbocycles. The van der Waals surface area contributed by atoms with Crippen LogP contribution in [0.5, 0.6) is 5.75 Å². The van der Waals surface area contributed by atoms with Crippen molar-refractivity contribution in [1.29, 1.82) is 0 Å². The van der Waals surface area contributed by atoms with Crippen LogP contribution in [0.2, 0.25) is 0 Å². The van der Waals surface area contributed by atoms with Crippen molar-refractivity contribution >= 4 is 11.7 Å². The zero-order valence-electron chi connectivity index (χ0n) is 13.1. The number of anilines is 1. The molecule has 2 aromatic heterocycles. The van der Waals surface area contributed by atoms with Gasteiger partial charge in [-0.25, -0.2) is 9.97 Å². The summed E-state index contributed by atoms with van der Waals surface area (Å²) in [4.78, 5) is 22.9. The summed E-state index contributed by atoms with van der Waals surface area (Å²) in [6, 6.07) is 7.69. The Balaban J connectivity index is 1.55. The fraction of sp³-hybridized carbons (Fsp3) is 0.188. The minimum Gasteiger partial charge on any atom is -0.497 e.